The molecule has 0 saturated carbocycles. The van der Waals surface area contributed by atoms with Gasteiger partial charge >= 0.3 is 0 Å². The average Bonchev–Trinajstić information content (AvgIpc) is 2.88. The van der Waals surface area contributed by atoms with Gasteiger partial charge < -0.3 is 5.32 Å². The van der Waals surface area contributed by atoms with Crippen LogP contribution in [0.3, 0.4) is 0 Å². The van der Waals surface area contributed by atoms with Crippen molar-refractivity contribution in [2.24, 2.45) is 0 Å². The van der Waals surface area contributed by atoms with Crippen molar-refractivity contribution in [1.29, 1.82) is 0 Å². The summed E-state index contributed by atoms with van der Waals surface area (Å²) in [6, 6.07) is 2.43. The SMILES string of the molecule is Cc1cscc1NC(C)CCn1cccn1. The summed E-state index contributed by atoms with van der Waals surface area (Å²) in [5, 5.41) is 12.1. The highest BCUT2D eigenvalue weighted by Gasteiger charge is 2.05. The van der Waals surface area contributed by atoms with Crippen molar-refractivity contribution in [3.8, 4) is 0 Å². The number of aryl methyl sites for hydroxylation is 2. The van der Waals surface area contributed by atoms with E-state index >= 15 is 0 Å². The molecule has 16 heavy (non-hydrogen) atoms. The highest BCUT2D eigenvalue weighted by molar-refractivity contribution is 7.08. The molecule has 2 aromatic heterocycles. The minimum atomic E-state index is 0.470. The fraction of sp³-hybridized carbons (Fsp3) is 0.417. The van der Waals surface area contributed by atoms with Crippen LogP contribution in [0.25, 0.3) is 0 Å². The molecule has 2 heterocycles. The fourth-order valence-electron chi connectivity index (χ4n) is 1.60. The lowest BCUT2D eigenvalue weighted by molar-refractivity contribution is 0.545. The second kappa shape index (κ2) is 5.16. The van der Waals surface area contributed by atoms with Crippen LogP contribution in [0.5, 0.6) is 0 Å². The predicted octanol–water partition coefficient (Wildman–Crippen LogP) is 3.14. The smallest absolute Gasteiger partial charge is 0.0489 e. The van der Waals surface area contributed by atoms with Gasteiger partial charge in [-0.15, -0.1) is 11.3 Å². The summed E-state index contributed by atoms with van der Waals surface area (Å²) in [6.07, 6.45) is 4.90. The van der Waals surface area contributed by atoms with Gasteiger partial charge in [0.15, 0.2) is 0 Å². The lowest BCUT2D eigenvalue weighted by atomic mass is 10.2. The van der Waals surface area contributed by atoms with Gasteiger partial charge in [0.05, 0.1) is 0 Å². The molecule has 1 unspecified atom stereocenters. The molecule has 0 amide bonds. The lowest BCUT2D eigenvalue weighted by Crippen LogP contribution is -2.18. The largest absolute Gasteiger partial charge is 0.382 e. The molecule has 1 atom stereocenters. The van der Waals surface area contributed by atoms with E-state index in [1.54, 1.807) is 11.3 Å². The molecule has 3 nitrogen and oxygen atoms in total. The molecule has 2 rings (SSSR count). The van der Waals surface area contributed by atoms with E-state index in [1.165, 1.54) is 11.3 Å². The second-order valence-electron chi connectivity index (χ2n) is 4.07. The molecule has 0 aliphatic heterocycles. The highest BCUT2D eigenvalue weighted by Crippen LogP contribution is 2.20. The van der Waals surface area contributed by atoms with Gasteiger partial charge in [-0.05, 0) is 37.3 Å². The summed E-state index contributed by atoms with van der Waals surface area (Å²) in [6.45, 7) is 5.31. The van der Waals surface area contributed by atoms with Gasteiger partial charge in [0.1, 0.15) is 0 Å². The first-order valence-electron chi connectivity index (χ1n) is 5.52. The van der Waals surface area contributed by atoms with E-state index in [-0.39, 0.29) is 0 Å². The number of hydrogen-bond donors (Lipinski definition) is 1. The van der Waals surface area contributed by atoms with Crippen LogP contribution in [0.15, 0.2) is 29.2 Å². The number of nitrogens with one attached hydrogen (secondary N) is 1. The van der Waals surface area contributed by atoms with E-state index in [0.29, 0.717) is 6.04 Å². The monoisotopic (exact) mass is 235 g/mol. The highest BCUT2D eigenvalue weighted by atomic mass is 32.1. The van der Waals surface area contributed by atoms with Crippen LogP contribution in [0.2, 0.25) is 0 Å². The molecule has 4 heteroatoms. The normalized spacial score (nSPS) is 12.6. The van der Waals surface area contributed by atoms with Crippen molar-refractivity contribution < 1.29 is 0 Å². The van der Waals surface area contributed by atoms with Crippen molar-refractivity contribution in [2.45, 2.75) is 32.9 Å². The van der Waals surface area contributed by atoms with Crippen LogP contribution in [0, 0.1) is 6.92 Å². The molecular formula is C12H17N3S. The van der Waals surface area contributed by atoms with E-state index in [9.17, 15) is 0 Å². The van der Waals surface area contributed by atoms with Crippen molar-refractivity contribution >= 4 is 17.0 Å². The van der Waals surface area contributed by atoms with Gasteiger partial charge in [-0.2, -0.15) is 5.10 Å². The number of aromatic nitrogens is 2. The minimum absolute atomic E-state index is 0.470. The van der Waals surface area contributed by atoms with Crippen molar-refractivity contribution in [3.05, 3.63) is 34.8 Å². The molecule has 0 radical (unpaired) electrons. The van der Waals surface area contributed by atoms with Crippen molar-refractivity contribution in [3.63, 3.8) is 0 Å². The molecule has 0 aliphatic rings. The van der Waals surface area contributed by atoms with Gasteiger partial charge in [-0.25, -0.2) is 0 Å². The van der Waals surface area contributed by atoms with E-state index in [0.717, 1.165) is 13.0 Å². The zero-order chi connectivity index (χ0) is 11.4. The molecule has 0 saturated heterocycles. The van der Waals surface area contributed by atoms with Crippen molar-refractivity contribution in [1.82, 2.24) is 9.78 Å². The van der Waals surface area contributed by atoms with Crippen LogP contribution < -0.4 is 5.32 Å². The lowest BCUT2D eigenvalue weighted by Gasteiger charge is -2.14. The van der Waals surface area contributed by atoms with E-state index in [1.807, 2.05) is 23.1 Å². The number of hydrogen-bond acceptors (Lipinski definition) is 3. The van der Waals surface area contributed by atoms with Crippen LogP contribution in [-0.4, -0.2) is 15.8 Å². The van der Waals surface area contributed by atoms with Crippen LogP contribution in [0.1, 0.15) is 18.9 Å². The molecule has 0 aliphatic carbocycles. The summed E-state index contributed by atoms with van der Waals surface area (Å²) in [5.41, 5.74) is 2.59. The first-order valence-corrected chi connectivity index (χ1v) is 6.47. The molecule has 0 fully saturated rings. The van der Waals surface area contributed by atoms with Crippen LogP contribution >= 0.6 is 11.3 Å². The number of anilines is 1. The van der Waals surface area contributed by atoms with Crippen molar-refractivity contribution in [2.75, 3.05) is 5.32 Å². The van der Waals surface area contributed by atoms with Gasteiger partial charge in [0.25, 0.3) is 0 Å². The Kier molecular flexibility index (Phi) is 3.62. The maximum absolute atomic E-state index is 4.19. The quantitative estimate of drug-likeness (QED) is 0.862. The number of nitrogens with zero attached hydrogens (tertiary/aromatic N) is 2. The maximum atomic E-state index is 4.19. The van der Waals surface area contributed by atoms with Crippen LogP contribution in [0.4, 0.5) is 5.69 Å². The number of thiophene rings is 1. The average molecular weight is 235 g/mol. The Hall–Kier alpha value is -1.29. The zero-order valence-electron chi connectivity index (χ0n) is 9.68. The zero-order valence-corrected chi connectivity index (χ0v) is 10.5. The Labute approximate surface area is 100 Å². The van der Waals surface area contributed by atoms with E-state index in [4.69, 9.17) is 0 Å². The molecule has 86 valence electrons. The fourth-order valence-corrected chi connectivity index (χ4v) is 2.39. The second-order valence-corrected chi connectivity index (χ2v) is 4.82. The van der Waals surface area contributed by atoms with E-state index in [2.05, 4.69) is 35.0 Å². The van der Waals surface area contributed by atoms with E-state index < -0.39 is 0 Å². The summed E-state index contributed by atoms with van der Waals surface area (Å²) in [4.78, 5) is 0. The molecule has 0 spiro atoms. The molecule has 1 N–H and O–H groups in total. The third kappa shape index (κ3) is 2.85. The predicted molar refractivity (Wildman–Crippen MR) is 69.0 cm³/mol. The first-order chi connectivity index (χ1) is 7.75. The molecule has 2 aromatic rings. The third-order valence-electron chi connectivity index (χ3n) is 2.61. The van der Waals surface area contributed by atoms with Crippen LogP contribution in [-0.2, 0) is 6.54 Å². The topological polar surface area (TPSA) is 29.9 Å². The summed E-state index contributed by atoms with van der Waals surface area (Å²) in [5.74, 6) is 0. The Balaban J connectivity index is 1.81. The molecule has 0 aromatic carbocycles. The summed E-state index contributed by atoms with van der Waals surface area (Å²) < 4.78 is 1.97. The Bertz CT molecular complexity index is 419. The van der Waals surface area contributed by atoms with Gasteiger partial charge in [0, 0.05) is 36.0 Å². The first kappa shape index (κ1) is 11.2. The molecular weight excluding hydrogens is 218 g/mol. The van der Waals surface area contributed by atoms with Gasteiger partial charge in [0.2, 0.25) is 0 Å². The maximum Gasteiger partial charge on any atom is 0.0489 e. The Morgan fingerprint density at radius 2 is 2.38 bits per heavy atom. The third-order valence-corrected chi connectivity index (χ3v) is 3.47. The minimum Gasteiger partial charge on any atom is -0.382 e. The van der Waals surface area contributed by atoms with Gasteiger partial charge in [-0.1, -0.05) is 0 Å². The Morgan fingerprint density at radius 1 is 1.50 bits per heavy atom. The standard InChI is InChI=1S/C12H17N3S/c1-10-8-16-9-12(10)14-11(2)4-7-15-6-3-5-13-15/h3,5-6,8-9,11,14H,4,7H2,1-2H3. The summed E-state index contributed by atoms with van der Waals surface area (Å²) in [7, 11) is 0. The number of rotatable bonds is 5. The summed E-state index contributed by atoms with van der Waals surface area (Å²) >= 11 is 1.74. The molecule has 0 bridgehead atoms. The Morgan fingerprint density at radius 3 is 3.00 bits per heavy atom. The van der Waals surface area contributed by atoms with Gasteiger partial charge in [-0.3, -0.25) is 4.68 Å².